The fourth-order valence-corrected chi connectivity index (χ4v) is 4.41. The van der Waals surface area contributed by atoms with E-state index in [0.29, 0.717) is 30.9 Å². The number of aromatic nitrogens is 5. The molecule has 0 unspecified atom stereocenters. The molecule has 0 bridgehead atoms. The van der Waals surface area contributed by atoms with Crippen molar-refractivity contribution in [3.05, 3.63) is 51.1 Å². The summed E-state index contributed by atoms with van der Waals surface area (Å²) in [5.41, 5.74) is 3.44. The quantitative estimate of drug-likeness (QED) is 0.409. The third kappa shape index (κ3) is 5.87. The molecule has 1 atom stereocenters. The number of hydrogen-bond donors (Lipinski definition) is 2. The lowest BCUT2D eigenvalue weighted by atomic mass is 9.99. The van der Waals surface area contributed by atoms with Crippen molar-refractivity contribution >= 4 is 16.9 Å². The maximum Gasteiger partial charge on any atom is 0.327 e. The topological polar surface area (TPSA) is 126 Å². The number of aliphatic hydroxyl groups is 1. The van der Waals surface area contributed by atoms with Crippen molar-refractivity contribution in [1.29, 1.82) is 0 Å². The Balaban J connectivity index is 2.00. The zero-order valence-corrected chi connectivity index (χ0v) is 20.5. The number of hydrogen-bond acceptors (Lipinski definition) is 8. The zero-order valence-electron chi connectivity index (χ0n) is 20.5. The van der Waals surface area contributed by atoms with E-state index < -0.39 is 5.97 Å². The molecule has 0 spiro atoms. The summed E-state index contributed by atoms with van der Waals surface area (Å²) in [4.78, 5) is 30.2. The van der Waals surface area contributed by atoms with Gasteiger partial charge in [0.15, 0.2) is 5.82 Å². The molecule has 3 rings (SSSR count). The second-order valence-electron chi connectivity index (χ2n) is 8.91. The normalized spacial score (nSPS) is 12.6. The number of ether oxygens (including phenoxy) is 1. The average Bonchev–Trinajstić information content (AvgIpc) is 3.20. The highest BCUT2D eigenvalue weighted by atomic mass is 16.5. The Morgan fingerprint density at radius 1 is 1.26 bits per heavy atom. The zero-order chi connectivity index (χ0) is 24.8. The summed E-state index contributed by atoms with van der Waals surface area (Å²) >= 11 is 0. The summed E-state index contributed by atoms with van der Waals surface area (Å²) < 4.78 is 6.51. The van der Waals surface area contributed by atoms with E-state index in [0.717, 1.165) is 22.0 Å². The smallest absolute Gasteiger partial charge is 0.327 e. The number of carbonyl (C=O) groups is 1. The van der Waals surface area contributed by atoms with E-state index >= 15 is 0 Å². The largest absolute Gasteiger partial charge is 0.465 e. The minimum atomic E-state index is -0.419. The maximum absolute atomic E-state index is 13.0. The number of nitrogens with one attached hydrogen (secondary N) is 1. The fraction of sp³-hybridized carbons (Fsp3) is 0.542. The number of nitrogens with zero attached hydrogens (tertiary/aromatic N) is 5. The van der Waals surface area contributed by atoms with Gasteiger partial charge >= 0.3 is 5.97 Å². The van der Waals surface area contributed by atoms with Crippen LogP contribution in [0.5, 0.6) is 0 Å². The Kier molecular flexibility index (Phi) is 8.51. The molecule has 0 saturated carbocycles. The molecule has 0 radical (unpaired) electrons. The summed E-state index contributed by atoms with van der Waals surface area (Å²) in [5, 5.41) is 22.5. The average molecular weight is 471 g/mol. The van der Waals surface area contributed by atoms with Crippen LogP contribution >= 0.6 is 0 Å². The van der Waals surface area contributed by atoms with Crippen molar-refractivity contribution in [3.63, 3.8) is 0 Å². The number of carbonyl (C=O) groups excluding carboxylic acids is 1. The lowest BCUT2D eigenvalue weighted by Gasteiger charge is -2.33. The highest BCUT2D eigenvalue weighted by Gasteiger charge is 2.30. The first-order chi connectivity index (χ1) is 16.2. The van der Waals surface area contributed by atoms with Crippen LogP contribution in [0.3, 0.4) is 0 Å². The number of rotatable bonds is 11. The molecule has 34 heavy (non-hydrogen) atoms. The van der Waals surface area contributed by atoms with Gasteiger partial charge in [-0.2, -0.15) is 0 Å². The molecule has 10 nitrogen and oxygen atoms in total. The highest BCUT2D eigenvalue weighted by molar-refractivity contribution is 5.82. The summed E-state index contributed by atoms with van der Waals surface area (Å²) in [6.45, 7) is 10.9. The first-order valence-electron chi connectivity index (χ1n) is 11.6. The van der Waals surface area contributed by atoms with Crippen molar-refractivity contribution in [3.8, 4) is 0 Å². The Morgan fingerprint density at radius 2 is 2.03 bits per heavy atom. The van der Waals surface area contributed by atoms with Gasteiger partial charge in [0.25, 0.3) is 5.56 Å². The van der Waals surface area contributed by atoms with Crippen LogP contribution in [0.1, 0.15) is 55.7 Å². The number of benzene rings is 1. The van der Waals surface area contributed by atoms with Gasteiger partial charge in [-0.15, -0.1) is 5.10 Å². The van der Waals surface area contributed by atoms with Crippen molar-refractivity contribution in [2.75, 3.05) is 19.8 Å². The van der Waals surface area contributed by atoms with Crippen LogP contribution < -0.4 is 5.56 Å². The summed E-state index contributed by atoms with van der Waals surface area (Å²) in [6, 6.07) is 5.74. The number of aryl methyl sites for hydroxylation is 2. The van der Waals surface area contributed by atoms with Crippen LogP contribution in [0.25, 0.3) is 10.9 Å². The standard InChI is InChI=1S/C24H34N6O4/c1-6-34-20(32)14-30-23(26-27-28-30)22(15(2)3)29(8-7-9-31)13-19-12-18-11-16(4)10-17(5)21(18)25-24(19)33/h10-12,15,22,31H,6-9,13-14H2,1-5H3,(H,25,33)/t22-/m1/s1. The second kappa shape index (κ2) is 11.3. The molecule has 10 heteroatoms. The monoisotopic (exact) mass is 470 g/mol. The molecule has 0 saturated heterocycles. The minimum absolute atomic E-state index is 0.0154. The molecule has 2 N–H and O–H groups in total. The Hall–Kier alpha value is -3.11. The van der Waals surface area contributed by atoms with Crippen LogP contribution in [0.2, 0.25) is 0 Å². The Labute approximate surface area is 198 Å². The minimum Gasteiger partial charge on any atom is -0.465 e. The van der Waals surface area contributed by atoms with Crippen LogP contribution in [0.15, 0.2) is 23.0 Å². The van der Waals surface area contributed by atoms with E-state index in [4.69, 9.17) is 4.74 Å². The first kappa shape index (κ1) is 25.5. The number of pyridine rings is 1. The van der Waals surface area contributed by atoms with Gasteiger partial charge in [-0.3, -0.25) is 14.5 Å². The van der Waals surface area contributed by atoms with Crippen LogP contribution in [0, 0.1) is 19.8 Å². The number of esters is 1. The number of fused-ring (bicyclic) bond motifs is 1. The van der Waals surface area contributed by atoms with Gasteiger partial charge in [0, 0.05) is 25.3 Å². The third-order valence-corrected chi connectivity index (χ3v) is 5.78. The number of aromatic amines is 1. The SMILES string of the molecule is CCOC(=O)Cn1nnnc1[C@@H](C(C)C)N(CCCO)Cc1cc2cc(C)cc(C)c2[nH]c1=O. The predicted octanol–water partition coefficient (Wildman–Crippen LogP) is 2.28. The molecular weight excluding hydrogens is 436 g/mol. The molecule has 0 aliphatic rings. The van der Waals surface area contributed by atoms with Crippen molar-refractivity contribution < 1.29 is 14.6 Å². The lowest BCUT2D eigenvalue weighted by Crippen LogP contribution is -2.37. The Morgan fingerprint density at radius 3 is 2.71 bits per heavy atom. The Bertz CT molecular complexity index is 1190. The second-order valence-corrected chi connectivity index (χ2v) is 8.91. The molecule has 2 aromatic heterocycles. The van der Waals surface area contributed by atoms with Crippen LogP contribution in [-0.2, 0) is 22.6 Å². The van der Waals surface area contributed by atoms with Crippen LogP contribution in [0.4, 0.5) is 0 Å². The van der Waals surface area contributed by atoms with Crippen molar-refractivity contribution in [2.45, 2.75) is 60.2 Å². The van der Waals surface area contributed by atoms with E-state index in [1.807, 2.05) is 39.8 Å². The van der Waals surface area contributed by atoms with Gasteiger partial charge in [0.1, 0.15) is 6.54 Å². The summed E-state index contributed by atoms with van der Waals surface area (Å²) in [7, 11) is 0. The maximum atomic E-state index is 13.0. The summed E-state index contributed by atoms with van der Waals surface area (Å²) in [5.74, 6) is 0.164. The highest BCUT2D eigenvalue weighted by Crippen LogP contribution is 2.29. The molecule has 1 aromatic carbocycles. The molecule has 0 aliphatic heterocycles. The van der Waals surface area contributed by atoms with Gasteiger partial charge in [0.05, 0.1) is 18.2 Å². The summed E-state index contributed by atoms with van der Waals surface area (Å²) in [6.07, 6.45) is 0.520. The molecule has 184 valence electrons. The van der Waals surface area contributed by atoms with Gasteiger partial charge in [-0.1, -0.05) is 25.5 Å². The van der Waals surface area contributed by atoms with E-state index in [1.165, 1.54) is 4.68 Å². The van der Waals surface area contributed by atoms with Crippen LogP contribution in [-0.4, -0.2) is 60.9 Å². The molecule has 0 fully saturated rings. The predicted molar refractivity (Wildman–Crippen MR) is 128 cm³/mol. The fourth-order valence-electron chi connectivity index (χ4n) is 4.41. The molecule has 2 heterocycles. The van der Waals surface area contributed by atoms with E-state index in [9.17, 15) is 14.7 Å². The number of tetrazole rings is 1. The van der Waals surface area contributed by atoms with Gasteiger partial charge < -0.3 is 14.8 Å². The molecule has 0 aliphatic carbocycles. The van der Waals surface area contributed by atoms with Crippen molar-refractivity contribution in [2.24, 2.45) is 5.92 Å². The van der Waals surface area contributed by atoms with Gasteiger partial charge in [-0.05, 0) is 66.6 Å². The molecule has 0 amide bonds. The van der Waals surface area contributed by atoms with Crippen molar-refractivity contribution in [1.82, 2.24) is 30.1 Å². The first-order valence-corrected chi connectivity index (χ1v) is 11.6. The van der Waals surface area contributed by atoms with E-state index in [2.05, 4.69) is 31.5 Å². The lowest BCUT2D eigenvalue weighted by molar-refractivity contribution is -0.144. The van der Waals surface area contributed by atoms with E-state index in [1.54, 1.807) is 6.92 Å². The van der Waals surface area contributed by atoms with Gasteiger partial charge in [0.2, 0.25) is 0 Å². The van der Waals surface area contributed by atoms with E-state index in [-0.39, 0.29) is 37.3 Å². The third-order valence-electron chi connectivity index (χ3n) is 5.78. The molecule has 3 aromatic rings. The van der Waals surface area contributed by atoms with Gasteiger partial charge in [-0.25, -0.2) is 4.68 Å². The molecular formula is C24H34N6O4. The number of H-pyrrole nitrogens is 1. The number of aliphatic hydroxyl groups excluding tert-OH is 1.